The summed E-state index contributed by atoms with van der Waals surface area (Å²) in [7, 11) is 1.73. The van der Waals surface area contributed by atoms with Crippen LogP contribution in [0.2, 0.25) is 0 Å². The van der Waals surface area contributed by atoms with E-state index in [2.05, 4.69) is 32.2 Å². The van der Waals surface area contributed by atoms with Crippen LogP contribution < -0.4 is 5.32 Å². The van der Waals surface area contributed by atoms with Gasteiger partial charge < -0.3 is 14.6 Å². The molecule has 1 aliphatic heterocycles. The van der Waals surface area contributed by atoms with Crippen molar-refractivity contribution >= 4 is 0 Å². The van der Waals surface area contributed by atoms with Gasteiger partial charge in [0.05, 0.1) is 6.04 Å². The van der Waals surface area contributed by atoms with Crippen molar-refractivity contribution in [3.63, 3.8) is 0 Å². The molecule has 4 rings (SSSR count). The van der Waals surface area contributed by atoms with E-state index in [-0.39, 0.29) is 6.10 Å². The topological polar surface area (TPSA) is 52.0 Å². The predicted octanol–water partition coefficient (Wildman–Crippen LogP) is 2.07. The predicted molar refractivity (Wildman–Crippen MR) is 78.8 cm³/mol. The van der Waals surface area contributed by atoms with Gasteiger partial charge in [0.2, 0.25) is 0 Å². The molecule has 0 saturated heterocycles. The maximum atomic E-state index is 5.71. The summed E-state index contributed by atoms with van der Waals surface area (Å²) in [6.45, 7) is 1.89. The Balaban J connectivity index is 1.72. The van der Waals surface area contributed by atoms with Crippen molar-refractivity contribution in [2.24, 2.45) is 5.92 Å². The molecule has 0 bridgehead atoms. The van der Waals surface area contributed by atoms with Crippen LogP contribution in [0, 0.1) is 5.92 Å². The Hall–Kier alpha value is -1.72. The molecule has 1 saturated carbocycles. The Kier molecular flexibility index (Phi) is 3.24. The lowest BCUT2D eigenvalue weighted by Gasteiger charge is -2.26. The van der Waals surface area contributed by atoms with E-state index in [1.807, 2.05) is 18.2 Å². The fourth-order valence-corrected chi connectivity index (χ4v) is 3.23. The molecule has 2 aliphatic rings. The van der Waals surface area contributed by atoms with Crippen LogP contribution in [0.1, 0.15) is 42.2 Å². The van der Waals surface area contributed by atoms with Gasteiger partial charge in [-0.2, -0.15) is 0 Å². The summed E-state index contributed by atoms with van der Waals surface area (Å²) < 4.78 is 7.97. The lowest BCUT2D eigenvalue weighted by atomic mass is 10.1. The zero-order chi connectivity index (χ0) is 14.2. The van der Waals surface area contributed by atoms with Gasteiger partial charge >= 0.3 is 0 Å². The van der Waals surface area contributed by atoms with Crippen LogP contribution in [0.3, 0.4) is 0 Å². The Morgan fingerprint density at radius 1 is 1.24 bits per heavy atom. The SMILES string of the molecule is COC(c1ccccc1)c1nnc2n1CCNC2C1CC1. The van der Waals surface area contributed by atoms with Gasteiger partial charge in [-0.3, -0.25) is 0 Å². The van der Waals surface area contributed by atoms with Gasteiger partial charge in [0, 0.05) is 20.2 Å². The minimum Gasteiger partial charge on any atom is -0.369 e. The molecule has 5 heteroatoms. The summed E-state index contributed by atoms with van der Waals surface area (Å²) >= 11 is 0. The highest BCUT2D eigenvalue weighted by molar-refractivity contribution is 5.24. The van der Waals surface area contributed by atoms with E-state index in [0.717, 1.165) is 36.2 Å². The molecule has 110 valence electrons. The standard InChI is InChI=1S/C16H20N4O/c1-21-14(12-5-3-2-4-6-12)16-19-18-15-13(11-7-8-11)17-9-10-20(15)16/h2-6,11,13-14,17H,7-10H2,1H3. The van der Waals surface area contributed by atoms with Crippen LogP contribution >= 0.6 is 0 Å². The number of hydrogen-bond acceptors (Lipinski definition) is 4. The quantitative estimate of drug-likeness (QED) is 0.934. The zero-order valence-corrected chi connectivity index (χ0v) is 12.2. The molecule has 2 heterocycles. The normalized spacial score (nSPS) is 22.8. The summed E-state index contributed by atoms with van der Waals surface area (Å²) in [5.74, 6) is 2.74. The minimum absolute atomic E-state index is 0.148. The lowest BCUT2D eigenvalue weighted by Crippen LogP contribution is -2.35. The second kappa shape index (κ2) is 5.24. The summed E-state index contributed by atoms with van der Waals surface area (Å²) in [5, 5.41) is 12.5. The van der Waals surface area contributed by atoms with Crippen molar-refractivity contribution in [2.45, 2.75) is 31.5 Å². The van der Waals surface area contributed by atoms with Crippen LogP contribution in [0.25, 0.3) is 0 Å². The summed E-state index contributed by atoms with van der Waals surface area (Å²) in [6, 6.07) is 10.6. The van der Waals surface area contributed by atoms with Gasteiger partial charge in [0.1, 0.15) is 6.10 Å². The molecule has 1 aromatic heterocycles. The summed E-state index contributed by atoms with van der Waals surface area (Å²) in [5.41, 5.74) is 1.12. The number of ether oxygens (including phenoxy) is 1. The molecule has 1 fully saturated rings. The monoisotopic (exact) mass is 284 g/mol. The molecule has 0 spiro atoms. The van der Waals surface area contributed by atoms with Crippen molar-refractivity contribution in [1.29, 1.82) is 0 Å². The van der Waals surface area contributed by atoms with Crippen LogP contribution in [0.5, 0.6) is 0 Å². The molecule has 21 heavy (non-hydrogen) atoms. The minimum atomic E-state index is -0.148. The number of benzene rings is 1. The van der Waals surface area contributed by atoms with Gasteiger partial charge in [0.25, 0.3) is 0 Å². The fourth-order valence-electron chi connectivity index (χ4n) is 3.23. The van der Waals surface area contributed by atoms with Crippen LogP contribution in [-0.2, 0) is 11.3 Å². The summed E-state index contributed by atoms with van der Waals surface area (Å²) in [6.07, 6.45) is 2.45. The van der Waals surface area contributed by atoms with E-state index in [9.17, 15) is 0 Å². The molecule has 5 nitrogen and oxygen atoms in total. The van der Waals surface area contributed by atoms with Gasteiger partial charge in [-0.25, -0.2) is 0 Å². The third kappa shape index (κ3) is 2.26. The molecule has 1 aromatic carbocycles. The molecule has 2 atom stereocenters. The first-order valence-electron chi connectivity index (χ1n) is 7.62. The van der Waals surface area contributed by atoms with Gasteiger partial charge in [-0.1, -0.05) is 30.3 Å². The van der Waals surface area contributed by atoms with Crippen LogP contribution in [-0.4, -0.2) is 28.4 Å². The van der Waals surface area contributed by atoms with E-state index in [4.69, 9.17) is 4.74 Å². The van der Waals surface area contributed by atoms with Gasteiger partial charge in [-0.15, -0.1) is 10.2 Å². The largest absolute Gasteiger partial charge is 0.369 e. The maximum Gasteiger partial charge on any atom is 0.166 e. The zero-order valence-electron chi connectivity index (χ0n) is 12.2. The molecule has 2 aromatic rings. The third-order valence-electron chi connectivity index (χ3n) is 4.45. The van der Waals surface area contributed by atoms with Crippen molar-refractivity contribution in [3.8, 4) is 0 Å². The van der Waals surface area contributed by atoms with Crippen molar-refractivity contribution in [2.75, 3.05) is 13.7 Å². The second-order valence-corrected chi connectivity index (χ2v) is 5.86. The van der Waals surface area contributed by atoms with Crippen LogP contribution in [0.15, 0.2) is 30.3 Å². The van der Waals surface area contributed by atoms with E-state index in [1.54, 1.807) is 7.11 Å². The van der Waals surface area contributed by atoms with Gasteiger partial charge in [0.15, 0.2) is 11.6 Å². The number of rotatable bonds is 4. The first-order chi connectivity index (χ1) is 10.4. The Labute approximate surface area is 124 Å². The van der Waals surface area contributed by atoms with Crippen molar-refractivity contribution in [3.05, 3.63) is 47.5 Å². The first-order valence-corrected chi connectivity index (χ1v) is 7.62. The van der Waals surface area contributed by atoms with Crippen LogP contribution in [0.4, 0.5) is 0 Å². The first kappa shape index (κ1) is 13.0. The number of nitrogens with one attached hydrogen (secondary N) is 1. The molecule has 0 amide bonds. The van der Waals surface area contributed by atoms with Crippen molar-refractivity contribution < 1.29 is 4.74 Å². The Morgan fingerprint density at radius 3 is 2.76 bits per heavy atom. The molecule has 0 radical (unpaired) electrons. The highest BCUT2D eigenvalue weighted by Gasteiger charge is 2.38. The number of aromatic nitrogens is 3. The highest BCUT2D eigenvalue weighted by Crippen LogP contribution is 2.42. The molecule has 1 N–H and O–H groups in total. The lowest BCUT2D eigenvalue weighted by molar-refractivity contribution is 0.124. The fraction of sp³-hybridized carbons (Fsp3) is 0.500. The average Bonchev–Trinajstić information content (AvgIpc) is 3.30. The third-order valence-corrected chi connectivity index (χ3v) is 4.45. The summed E-state index contributed by atoms with van der Waals surface area (Å²) in [4.78, 5) is 0. The van der Waals surface area contributed by atoms with E-state index in [1.165, 1.54) is 12.8 Å². The highest BCUT2D eigenvalue weighted by atomic mass is 16.5. The number of nitrogens with zero attached hydrogens (tertiary/aromatic N) is 3. The molecular formula is C16H20N4O. The van der Waals surface area contributed by atoms with E-state index in [0.29, 0.717) is 6.04 Å². The van der Waals surface area contributed by atoms with E-state index >= 15 is 0 Å². The van der Waals surface area contributed by atoms with Crippen molar-refractivity contribution in [1.82, 2.24) is 20.1 Å². The number of fused-ring (bicyclic) bond motifs is 1. The molecule has 1 aliphatic carbocycles. The molecular weight excluding hydrogens is 264 g/mol. The number of hydrogen-bond donors (Lipinski definition) is 1. The maximum absolute atomic E-state index is 5.71. The Morgan fingerprint density at radius 2 is 2.05 bits per heavy atom. The molecule has 2 unspecified atom stereocenters. The second-order valence-electron chi connectivity index (χ2n) is 5.86. The van der Waals surface area contributed by atoms with E-state index < -0.39 is 0 Å². The average molecular weight is 284 g/mol. The number of methoxy groups -OCH3 is 1. The Bertz CT molecular complexity index is 620. The smallest absolute Gasteiger partial charge is 0.166 e. The van der Waals surface area contributed by atoms with Gasteiger partial charge in [-0.05, 0) is 24.3 Å².